The average molecular weight is 288 g/mol. The van der Waals surface area contributed by atoms with Gasteiger partial charge in [0.15, 0.2) is 0 Å². The molecule has 3 rings (SSSR count). The number of carbonyl (C=O) groups is 1. The fourth-order valence-electron chi connectivity index (χ4n) is 3.71. The van der Waals surface area contributed by atoms with Crippen LogP contribution in [0.5, 0.6) is 5.75 Å². The zero-order valence-corrected chi connectivity index (χ0v) is 12.6. The first-order chi connectivity index (χ1) is 10.2. The molecule has 2 fully saturated rings. The molecule has 114 valence electrons. The number of aryl methyl sites for hydroxylation is 1. The summed E-state index contributed by atoms with van der Waals surface area (Å²) in [6.07, 6.45) is 3.69. The molecule has 1 aromatic rings. The third-order valence-electron chi connectivity index (χ3n) is 5.05. The largest absolute Gasteiger partial charge is 0.497 e. The second-order valence-electron chi connectivity index (χ2n) is 6.31. The maximum atomic E-state index is 12.3. The molecule has 1 saturated carbocycles. The summed E-state index contributed by atoms with van der Waals surface area (Å²) >= 11 is 0. The lowest BCUT2D eigenvalue weighted by Gasteiger charge is -2.18. The number of ether oxygens (including phenoxy) is 1. The van der Waals surface area contributed by atoms with E-state index in [4.69, 9.17) is 10.5 Å². The van der Waals surface area contributed by atoms with Crippen LogP contribution in [0, 0.1) is 11.8 Å². The van der Waals surface area contributed by atoms with E-state index in [0.717, 1.165) is 31.7 Å². The molecule has 4 nitrogen and oxygen atoms in total. The van der Waals surface area contributed by atoms with Crippen LogP contribution in [-0.4, -0.2) is 37.0 Å². The quantitative estimate of drug-likeness (QED) is 0.919. The Morgan fingerprint density at radius 1 is 1.29 bits per heavy atom. The van der Waals surface area contributed by atoms with Gasteiger partial charge in [-0.25, -0.2) is 0 Å². The number of rotatable bonds is 4. The van der Waals surface area contributed by atoms with Crippen LogP contribution in [0.25, 0.3) is 0 Å². The average Bonchev–Trinajstić information content (AvgIpc) is 3.08. The molecule has 1 heterocycles. The molecule has 21 heavy (non-hydrogen) atoms. The minimum Gasteiger partial charge on any atom is -0.497 e. The van der Waals surface area contributed by atoms with Crippen molar-refractivity contribution in [2.45, 2.75) is 31.7 Å². The van der Waals surface area contributed by atoms with Gasteiger partial charge in [0.05, 0.1) is 7.11 Å². The van der Waals surface area contributed by atoms with Crippen molar-refractivity contribution in [3.05, 3.63) is 29.8 Å². The molecule has 1 saturated heterocycles. The molecule has 2 N–H and O–H groups in total. The number of likely N-dealkylation sites (tertiary alicyclic amines) is 1. The van der Waals surface area contributed by atoms with Gasteiger partial charge in [-0.3, -0.25) is 4.79 Å². The Bertz CT molecular complexity index is 500. The molecule has 0 spiro atoms. The summed E-state index contributed by atoms with van der Waals surface area (Å²) < 4.78 is 5.14. The summed E-state index contributed by atoms with van der Waals surface area (Å²) in [5.41, 5.74) is 7.31. The van der Waals surface area contributed by atoms with Crippen molar-refractivity contribution in [3.63, 3.8) is 0 Å². The molecule has 4 heteroatoms. The topological polar surface area (TPSA) is 55.6 Å². The lowest BCUT2D eigenvalue weighted by molar-refractivity contribution is -0.130. The van der Waals surface area contributed by atoms with Gasteiger partial charge in [0.2, 0.25) is 5.91 Å². The van der Waals surface area contributed by atoms with E-state index >= 15 is 0 Å². The summed E-state index contributed by atoms with van der Waals surface area (Å²) in [7, 11) is 1.66. The number of fused-ring (bicyclic) bond motifs is 1. The molecule has 0 radical (unpaired) electrons. The van der Waals surface area contributed by atoms with Gasteiger partial charge < -0.3 is 15.4 Å². The van der Waals surface area contributed by atoms with Gasteiger partial charge in [-0.2, -0.15) is 0 Å². The summed E-state index contributed by atoms with van der Waals surface area (Å²) in [6.45, 7) is 1.78. The lowest BCUT2D eigenvalue weighted by atomic mass is 9.98. The first-order valence-corrected chi connectivity index (χ1v) is 7.83. The van der Waals surface area contributed by atoms with Crippen molar-refractivity contribution >= 4 is 5.91 Å². The van der Waals surface area contributed by atoms with Crippen molar-refractivity contribution in [1.29, 1.82) is 0 Å². The normalized spacial score (nSPS) is 27.7. The van der Waals surface area contributed by atoms with E-state index in [9.17, 15) is 4.79 Å². The first-order valence-electron chi connectivity index (χ1n) is 7.83. The highest BCUT2D eigenvalue weighted by Crippen LogP contribution is 2.37. The first kappa shape index (κ1) is 14.4. The zero-order valence-electron chi connectivity index (χ0n) is 12.6. The van der Waals surface area contributed by atoms with Gasteiger partial charge in [0.1, 0.15) is 5.75 Å². The fraction of sp³-hybridized carbons (Fsp3) is 0.588. The second kappa shape index (κ2) is 6.06. The van der Waals surface area contributed by atoms with Crippen LogP contribution < -0.4 is 10.5 Å². The molecular weight excluding hydrogens is 264 g/mol. The zero-order chi connectivity index (χ0) is 14.8. The summed E-state index contributed by atoms with van der Waals surface area (Å²) in [6, 6.07) is 8.24. The van der Waals surface area contributed by atoms with Crippen molar-refractivity contribution in [2.75, 3.05) is 20.2 Å². The number of nitrogens with two attached hydrogens (primary N) is 1. The van der Waals surface area contributed by atoms with Crippen molar-refractivity contribution < 1.29 is 9.53 Å². The van der Waals surface area contributed by atoms with E-state index in [1.54, 1.807) is 7.11 Å². The van der Waals surface area contributed by atoms with Gasteiger partial charge in [0.25, 0.3) is 0 Å². The summed E-state index contributed by atoms with van der Waals surface area (Å²) in [5.74, 6) is 2.30. The second-order valence-corrected chi connectivity index (χ2v) is 6.31. The van der Waals surface area contributed by atoms with Gasteiger partial charge in [-0.15, -0.1) is 0 Å². The molecule has 0 aromatic heterocycles. The number of hydrogen-bond donors (Lipinski definition) is 1. The van der Waals surface area contributed by atoms with Gasteiger partial charge in [-0.05, 0) is 48.8 Å². The van der Waals surface area contributed by atoms with E-state index in [-0.39, 0.29) is 5.91 Å². The SMILES string of the molecule is COc1ccc(CCC(=O)N2CC3CCC(N)C3C2)cc1. The van der Waals surface area contributed by atoms with Gasteiger partial charge in [0, 0.05) is 25.6 Å². The van der Waals surface area contributed by atoms with Gasteiger partial charge in [-0.1, -0.05) is 12.1 Å². The molecule has 2 aliphatic rings. The molecule has 1 aliphatic carbocycles. The van der Waals surface area contributed by atoms with Crippen LogP contribution in [-0.2, 0) is 11.2 Å². The third kappa shape index (κ3) is 3.05. The smallest absolute Gasteiger partial charge is 0.222 e. The molecule has 0 bridgehead atoms. The van der Waals surface area contributed by atoms with Crippen LogP contribution >= 0.6 is 0 Å². The number of benzene rings is 1. The highest BCUT2D eigenvalue weighted by molar-refractivity contribution is 5.76. The molecule has 1 amide bonds. The molecular formula is C17H24N2O2. The Balaban J connectivity index is 1.50. The lowest BCUT2D eigenvalue weighted by Crippen LogP contribution is -2.33. The molecule has 1 aromatic carbocycles. The van der Waals surface area contributed by atoms with E-state index in [2.05, 4.69) is 0 Å². The van der Waals surface area contributed by atoms with E-state index in [1.165, 1.54) is 12.0 Å². The monoisotopic (exact) mass is 288 g/mol. The fourth-order valence-corrected chi connectivity index (χ4v) is 3.71. The van der Waals surface area contributed by atoms with Crippen molar-refractivity contribution in [3.8, 4) is 5.75 Å². The third-order valence-corrected chi connectivity index (χ3v) is 5.05. The maximum absolute atomic E-state index is 12.3. The van der Waals surface area contributed by atoms with Crippen LogP contribution in [0.15, 0.2) is 24.3 Å². The Hall–Kier alpha value is -1.55. The van der Waals surface area contributed by atoms with Crippen LogP contribution in [0.4, 0.5) is 0 Å². The van der Waals surface area contributed by atoms with E-state index in [0.29, 0.717) is 24.3 Å². The van der Waals surface area contributed by atoms with E-state index < -0.39 is 0 Å². The predicted molar refractivity (Wildman–Crippen MR) is 82.1 cm³/mol. The number of nitrogens with zero attached hydrogens (tertiary/aromatic N) is 1. The molecule has 3 unspecified atom stereocenters. The highest BCUT2D eigenvalue weighted by atomic mass is 16.5. The van der Waals surface area contributed by atoms with E-state index in [1.807, 2.05) is 29.2 Å². The Kier molecular flexibility index (Phi) is 4.15. The molecule has 3 atom stereocenters. The Labute approximate surface area is 126 Å². The summed E-state index contributed by atoms with van der Waals surface area (Å²) in [5, 5.41) is 0. The highest BCUT2D eigenvalue weighted by Gasteiger charge is 2.42. The molecule has 1 aliphatic heterocycles. The minimum atomic E-state index is 0.271. The standard InChI is InChI=1S/C17H24N2O2/c1-21-14-6-2-12(3-7-14)4-9-17(20)19-10-13-5-8-16(18)15(13)11-19/h2-3,6-7,13,15-16H,4-5,8-11,18H2,1H3. The van der Waals surface area contributed by atoms with Crippen LogP contribution in [0.1, 0.15) is 24.8 Å². The van der Waals surface area contributed by atoms with Crippen molar-refractivity contribution in [2.24, 2.45) is 17.6 Å². The predicted octanol–water partition coefficient (Wildman–Crippen LogP) is 1.82. The van der Waals surface area contributed by atoms with Gasteiger partial charge >= 0.3 is 0 Å². The number of hydrogen-bond acceptors (Lipinski definition) is 3. The Morgan fingerprint density at radius 3 is 2.71 bits per heavy atom. The van der Waals surface area contributed by atoms with Crippen LogP contribution in [0.3, 0.4) is 0 Å². The van der Waals surface area contributed by atoms with Crippen molar-refractivity contribution in [1.82, 2.24) is 4.90 Å². The summed E-state index contributed by atoms with van der Waals surface area (Å²) in [4.78, 5) is 14.4. The number of methoxy groups -OCH3 is 1. The number of carbonyl (C=O) groups excluding carboxylic acids is 1. The van der Waals surface area contributed by atoms with Crippen LogP contribution in [0.2, 0.25) is 0 Å². The maximum Gasteiger partial charge on any atom is 0.222 e. The minimum absolute atomic E-state index is 0.271. The number of amides is 1. The Morgan fingerprint density at radius 2 is 2.05 bits per heavy atom.